The maximum atomic E-state index is 12.5. The predicted octanol–water partition coefficient (Wildman–Crippen LogP) is 2.24. The minimum Gasteiger partial charge on any atom is -0.336 e. The molecule has 0 aromatic heterocycles. The number of carbonyl (C=O) groups excluding carboxylic acids is 4. The van der Waals surface area contributed by atoms with Crippen LogP contribution in [0.15, 0.2) is 42.5 Å². The molecule has 0 spiro atoms. The standard InChI is InChI=1S/C18H12ClN3O5/c19-13-6-5-10(9-14(13)21-8-7-20-18(21)26)17(25)27-22-15(23)11-3-1-2-4-12(11)16(22)24/h1-6,9H,7-8H2,(H,20,26). The highest BCUT2D eigenvalue weighted by molar-refractivity contribution is 6.34. The molecule has 9 heteroatoms. The van der Waals surface area contributed by atoms with Crippen molar-refractivity contribution in [3.63, 3.8) is 0 Å². The average molecular weight is 386 g/mol. The van der Waals surface area contributed by atoms with Crippen LogP contribution in [-0.2, 0) is 4.84 Å². The number of rotatable bonds is 3. The molecule has 0 bridgehead atoms. The molecule has 0 radical (unpaired) electrons. The quantitative estimate of drug-likeness (QED) is 0.817. The van der Waals surface area contributed by atoms with E-state index in [1.54, 1.807) is 12.1 Å². The van der Waals surface area contributed by atoms with Crippen LogP contribution in [-0.4, -0.2) is 42.0 Å². The van der Waals surface area contributed by atoms with Gasteiger partial charge in [0.15, 0.2) is 0 Å². The molecule has 2 aliphatic rings. The number of imide groups is 1. The SMILES string of the molecule is O=C(ON1C(=O)c2ccccc2C1=O)c1ccc(Cl)c(N2CCNC2=O)c1. The van der Waals surface area contributed by atoms with Gasteiger partial charge in [0, 0.05) is 13.1 Å². The Bertz CT molecular complexity index is 971. The Morgan fingerprint density at radius 2 is 1.70 bits per heavy atom. The van der Waals surface area contributed by atoms with Crippen molar-refractivity contribution < 1.29 is 24.0 Å². The zero-order valence-electron chi connectivity index (χ0n) is 13.8. The van der Waals surface area contributed by atoms with Crippen molar-refractivity contribution in [3.8, 4) is 0 Å². The van der Waals surface area contributed by atoms with E-state index < -0.39 is 17.8 Å². The average Bonchev–Trinajstić information content (AvgIpc) is 3.19. The number of fused-ring (bicyclic) bond motifs is 1. The van der Waals surface area contributed by atoms with Gasteiger partial charge in [0.05, 0.1) is 27.4 Å². The Morgan fingerprint density at radius 1 is 1.04 bits per heavy atom. The van der Waals surface area contributed by atoms with Gasteiger partial charge in [0.1, 0.15) is 0 Å². The second kappa shape index (κ2) is 6.40. The molecule has 0 aliphatic carbocycles. The Kier molecular flexibility index (Phi) is 4.04. The fourth-order valence-corrected chi connectivity index (χ4v) is 3.15. The maximum Gasteiger partial charge on any atom is 0.364 e. The van der Waals surface area contributed by atoms with E-state index in [1.807, 2.05) is 0 Å². The van der Waals surface area contributed by atoms with Crippen molar-refractivity contribution in [2.75, 3.05) is 18.0 Å². The molecule has 0 saturated carbocycles. The Morgan fingerprint density at radius 3 is 2.30 bits per heavy atom. The maximum absolute atomic E-state index is 12.5. The minimum absolute atomic E-state index is 0.0469. The minimum atomic E-state index is -0.915. The summed E-state index contributed by atoms with van der Waals surface area (Å²) in [5, 5.41) is 3.36. The molecule has 1 saturated heterocycles. The van der Waals surface area contributed by atoms with Crippen LogP contribution >= 0.6 is 11.6 Å². The Labute approximate surface area is 158 Å². The second-order valence-corrected chi connectivity index (χ2v) is 6.29. The molecule has 2 heterocycles. The zero-order valence-corrected chi connectivity index (χ0v) is 14.5. The molecule has 1 fully saturated rings. The number of urea groups is 1. The third-order valence-electron chi connectivity index (χ3n) is 4.26. The molecule has 27 heavy (non-hydrogen) atoms. The lowest BCUT2D eigenvalue weighted by Crippen LogP contribution is -2.33. The fraction of sp³-hybridized carbons (Fsp3) is 0.111. The van der Waals surface area contributed by atoms with Crippen LogP contribution in [0.2, 0.25) is 5.02 Å². The lowest BCUT2D eigenvalue weighted by atomic mass is 10.1. The highest BCUT2D eigenvalue weighted by Gasteiger charge is 2.39. The van der Waals surface area contributed by atoms with Gasteiger partial charge in [-0.3, -0.25) is 14.5 Å². The molecular weight excluding hydrogens is 374 g/mol. The van der Waals surface area contributed by atoms with Crippen molar-refractivity contribution in [2.45, 2.75) is 0 Å². The molecule has 4 amide bonds. The summed E-state index contributed by atoms with van der Waals surface area (Å²) >= 11 is 6.13. The van der Waals surface area contributed by atoms with E-state index in [1.165, 1.54) is 35.2 Å². The summed E-state index contributed by atoms with van der Waals surface area (Å²) in [6.07, 6.45) is 0. The van der Waals surface area contributed by atoms with Gasteiger partial charge < -0.3 is 10.2 Å². The van der Waals surface area contributed by atoms with Gasteiger partial charge in [-0.1, -0.05) is 28.8 Å². The molecule has 136 valence electrons. The molecule has 8 nitrogen and oxygen atoms in total. The molecular formula is C18H12ClN3O5. The molecule has 2 aromatic carbocycles. The number of hydroxylamine groups is 2. The lowest BCUT2D eigenvalue weighted by molar-refractivity contribution is -0.0584. The van der Waals surface area contributed by atoms with Gasteiger partial charge in [0.2, 0.25) is 0 Å². The van der Waals surface area contributed by atoms with Crippen molar-refractivity contribution in [1.82, 2.24) is 10.4 Å². The zero-order chi connectivity index (χ0) is 19.1. The summed E-state index contributed by atoms with van der Waals surface area (Å²) in [5.41, 5.74) is 0.718. The molecule has 1 N–H and O–H groups in total. The van der Waals surface area contributed by atoms with Crippen molar-refractivity contribution in [3.05, 3.63) is 64.2 Å². The summed E-state index contributed by atoms with van der Waals surface area (Å²) in [6, 6.07) is 10.1. The summed E-state index contributed by atoms with van der Waals surface area (Å²) in [7, 11) is 0. The van der Waals surface area contributed by atoms with Crippen LogP contribution in [0.3, 0.4) is 0 Å². The Balaban J connectivity index is 1.59. The third-order valence-corrected chi connectivity index (χ3v) is 4.58. The predicted molar refractivity (Wildman–Crippen MR) is 94.6 cm³/mol. The van der Waals surface area contributed by atoms with Crippen molar-refractivity contribution in [1.29, 1.82) is 0 Å². The second-order valence-electron chi connectivity index (χ2n) is 5.88. The first kappa shape index (κ1) is 17.0. The van der Waals surface area contributed by atoms with Crippen LogP contribution in [0.4, 0.5) is 10.5 Å². The Hall–Kier alpha value is -3.39. The number of hydrogen-bond donors (Lipinski definition) is 1. The first-order valence-electron chi connectivity index (χ1n) is 8.02. The van der Waals surface area contributed by atoms with E-state index in [0.717, 1.165) is 0 Å². The monoisotopic (exact) mass is 385 g/mol. The topological polar surface area (TPSA) is 96.0 Å². The molecule has 0 unspecified atom stereocenters. The van der Waals surface area contributed by atoms with Gasteiger partial charge in [-0.15, -0.1) is 0 Å². The normalized spacial score (nSPS) is 15.8. The highest BCUT2D eigenvalue weighted by atomic mass is 35.5. The first-order chi connectivity index (χ1) is 13.0. The van der Waals surface area contributed by atoms with E-state index in [2.05, 4.69) is 5.32 Å². The number of nitrogens with one attached hydrogen (secondary N) is 1. The highest BCUT2D eigenvalue weighted by Crippen LogP contribution is 2.29. The van der Waals surface area contributed by atoms with Crippen LogP contribution in [0.25, 0.3) is 0 Å². The van der Waals surface area contributed by atoms with E-state index >= 15 is 0 Å². The van der Waals surface area contributed by atoms with Gasteiger partial charge in [-0.25, -0.2) is 9.59 Å². The smallest absolute Gasteiger partial charge is 0.336 e. The van der Waals surface area contributed by atoms with E-state index in [0.29, 0.717) is 23.8 Å². The molecule has 2 aliphatic heterocycles. The summed E-state index contributed by atoms with van der Waals surface area (Å²) in [4.78, 5) is 55.3. The number of hydrogen-bond acceptors (Lipinski definition) is 5. The fourth-order valence-electron chi connectivity index (χ4n) is 2.93. The summed E-state index contributed by atoms with van der Waals surface area (Å²) in [5.74, 6) is -2.34. The molecule has 0 atom stereocenters. The van der Waals surface area contributed by atoms with Crippen LogP contribution in [0.5, 0.6) is 0 Å². The first-order valence-corrected chi connectivity index (χ1v) is 8.40. The van der Waals surface area contributed by atoms with Crippen LogP contribution < -0.4 is 10.2 Å². The van der Waals surface area contributed by atoms with E-state index in [9.17, 15) is 19.2 Å². The van der Waals surface area contributed by atoms with Crippen molar-refractivity contribution in [2.24, 2.45) is 0 Å². The third kappa shape index (κ3) is 2.80. The number of anilines is 1. The lowest BCUT2D eigenvalue weighted by Gasteiger charge is -2.17. The van der Waals surface area contributed by atoms with E-state index in [-0.39, 0.29) is 27.7 Å². The number of benzene rings is 2. The number of halogens is 1. The van der Waals surface area contributed by atoms with Crippen LogP contribution in [0, 0.1) is 0 Å². The van der Waals surface area contributed by atoms with Crippen LogP contribution in [0.1, 0.15) is 31.1 Å². The van der Waals surface area contributed by atoms with Gasteiger partial charge >= 0.3 is 12.0 Å². The van der Waals surface area contributed by atoms with Crippen molar-refractivity contribution >= 4 is 41.1 Å². The largest absolute Gasteiger partial charge is 0.364 e. The van der Waals surface area contributed by atoms with Gasteiger partial charge in [-0.05, 0) is 30.3 Å². The van der Waals surface area contributed by atoms with E-state index in [4.69, 9.17) is 16.4 Å². The summed E-state index contributed by atoms with van der Waals surface area (Å²) in [6.45, 7) is 0.855. The molecule has 4 rings (SSSR count). The summed E-state index contributed by atoms with van der Waals surface area (Å²) < 4.78 is 0. The number of carbonyl (C=O) groups is 4. The van der Waals surface area contributed by atoms with Gasteiger partial charge in [-0.2, -0.15) is 0 Å². The number of nitrogens with zero attached hydrogens (tertiary/aromatic N) is 2. The van der Waals surface area contributed by atoms with Gasteiger partial charge in [0.25, 0.3) is 11.8 Å². The molecule has 2 aromatic rings. The number of amides is 4.